The highest BCUT2D eigenvalue weighted by Crippen LogP contribution is 2.22. The fourth-order valence-electron chi connectivity index (χ4n) is 1.51. The summed E-state index contributed by atoms with van der Waals surface area (Å²) in [5, 5.41) is 3.01. The maximum atomic E-state index is 11.8. The predicted octanol–water partition coefficient (Wildman–Crippen LogP) is 2.36. The molecule has 0 unspecified atom stereocenters. The molecule has 0 saturated heterocycles. The van der Waals surface area contributed by atoms with Crippen LogP contribution in [-0.4, -0.2) is 16.9 Å². The minimum atomic E-state index is -0.523. The number of rotatable bonds is 4. The fourth-order valence-corrected chi connectivity index (χ4v) is 1.76. The molecule has 1 heterocycles. The largest absolute Gasteiger partial charge is 0.322 e. The van der Waals surface area contributed by atoms with E-state index in [0.29, 0.717) is 18.0 Å². The highest BCUT2D eigenvalue weighted by atomic mass is 35.5. The molecule has 1 atom stereocenters. The van der Waals surface area contributed by atoms with Crippen LogP contribution in [0.1, 0.15) is 25.8 Å². The summed E-state index contributed by atoms with van der Waals surface area (Å²) < 4.78 is 0. The number of nitrogens with two attached hydrogens (primary N) is 1. The van der Waals surface area contributed by atoms with Gasteiger partial charge in [-0.3, -0.25) is 4.79 Å². The second-order valence-corrected chi connectivity index (χ2v) is 4.88. The molecule has 3 N–H and O–H groups in total. The molecule has 0 aliphatic rings. The maximum absolute atomic E-state index is 11.8. The van der Waals surface area contributed by atoms with Gasteiger partial charge >= 0.3 is 0 Å². The molecule has 0 bridgehead atoms. The van der Waals surface area contributed by atoms with Gasteiger partial charge in [-0.15, -0.1) is 0 Å². The van der Waals surface area contributed by atoms with Gasteiger partial charge in [0.2, 0.25) is 5.91 Å². The average molecular weight is 256 g/mol. The topological polar surface area (TPSA) is 68.0 Å². The van der Waals surface area contributed by atoms with Crippen molar-refractivity contribution in [3.63, 3.8) is 0 Å². The lowest BCUT2D eigenvalue weighted by Crippen LogP contribution is -2.36. The van der Waals surface area contributed by atoms with Gasteiger partial charge in [0, 0.05) is 6.20 Å². The van der Waals surface area contributed by atoms with Crippen LogP contribution < -0.4 is 11.1 Å². The lowest BCUT2D eigenvalue weighted by Gasteiger charge is -2.15. The highest BCUT2D eigenvalue weighted by Gasteiger charge is 2.17. The molecule has 0 aliphatic carbocycles. The van der Waals surface area contributed by atoms with E-state index in [0.717, 1.165) is 5.56 Å². The standard InChI is InChI=1S/C12H18ClN3O/c1-7(2)6-9(14)12(17)16-10-8(3)4-5-15-11(10)13/h4-5,7,9H,6,14H2,1-3H3,(H,16,17)/t9-/m0/s1. The minimum absolute atomic E-state index is 0.225. The molecule has 94 valence electrons. The Morgan fingerprint density at radius 2 is 2.24 bits per heavy atom. The van der Waals surface area contributed by atoms with E-state index in [4.69, 9.17) is 17.3 Å². The van der Waals surface area contributed by atoms with E-state index in [-0.39, 0.29) is 11.1 Å². The van der Waals surface area contributed by atoms with E-state index in [1.54, 1.807) is 12.3 Å². The minimum Gasteiger partial charge on any atom is -0.322 e. The van der Waals surface area contributed by atoms with Crippen molar-refractivity contribution in [2.24, 2.45) is 11.7 Å². The molecule has 0 fully saturated rings. The van der Waals surface area contributed by atoms with Gasteiger partial charge in [-0.2, -0.15) is 0 Å². The van der Waals surface area contributed by atoms with Crippen LogP contribution in [0.5, 0.6) is 0 Å². The lowest BCUT2D eigenvalue weighted by molar-refractivity contribution is -0.117. The monoisotopic (exact) mass is 255 g/mol. The third-order valence-corrected chi connectivity index (χ3v) is 2.71. The number of hydrogen-bond donors (Lipinski definition) is 2. The van der Waals surface area contributed by atoms with Gasteiger partial charge in [0.25, 0.3) is 0 Å². The first-order chi connectivity index (χ1) is 7.91. The quantitative estimate of drug-likeness (QED) is 0.812. The summed E-state index contributed by atoms with van der Waals surface area (Å²) >= 11 is 5.92. The van der Waals surface area contributed by atoms with Crippen molar-refractivity contribution in [2.75, 3.05) is 5.32 Å². The number of anilines is 1. The van der Waals surface area contributed by atoms with Crippen LogP contribution in [0, 0.1) is 12.8 Å². The van der Waals surface area contributed by atoms with E-state index in [1.807, 2.05) is 20.8 Å². The molecule has 5 heteroatoms. The highest BCUT2D eigenvalue weighted by molar-refractivity contribution is 6.32. The second-order valence-electron chi connectivity index (χ2n) is 4.52. The van der Waals surface area contributed by atoms with Crippen molar-refractivity contribution >= 4 is 23.2 Å². The zero-order valence-corrected chi connectivity index (χ0v) is 11.1. The second kappa shape index (κ2) is 5.98. The summed E-state index contributed by atoms with van der Waals surface area (Å²) in [6, 6.07) is 1.26. The first-order valence-electron chi connectivity index (χ1n) is 5.59. The van der Waals surface area contributed by atoms with Crippen molar-refractivity contribution in [2.45, 2.75) is 33.2 Å². The van der Waals surface area contributed by atoms with Crippen LogP contribution in [0.15, 0.2) is 12.3 Å². The molecule has 1 amide bonds. The first-order valence-corrected chi connectivity index (χ1v) is 5.97. The van der Waals surface area contributed by atoms with Gasteiger partial charge in [0.1, 0.15) is 0 Å². The average Bonchev–Trinajstić information content (AvgIpc) is 2.22. The Morgan fingerprint density at radius 3 is 2.76 bits per heavy atom. The van der Waals surface area contributed by atoms with Crippen molar-refractivity contribution < 1.29 is 4.79 Å². The van der Waals surface area contributed by atoms with Crippen molar-refractivity contribution in [1.29, 1.82) is 0 Å². The van der Waals surface area contributed by atoms with Gasteiger partial charge in [0.05, 0.1) is 11.7 Å². The van der Waals surface area contributed by atoms with Crippen LogP contribution in [0.4, 0.5) is 5.69 Å². The number of aromatic nitrogens is 1. The molecule has 0 aliphatic heterocycles. The number of halogens is 1. The van der Waals surface area contributed by atoms with Gasteiger partial charge < -0.3 is 11.1 Å². The molecule has 0 spiro atoms. The Balaban J connectivity index is 2.74. The molecule has 4 nitrogen and oxygen atoms in total. The van der Waals surface area contributed by atoms with Crippen LogP contribution in [0.2, 0.25) is 5.15 Å². The van der Waals surface area contributed by atoms with E-state index in [1.165, 1.54) is 0 Å². The van der Waals surface area contributed by atoms with E-state index < -0.39 is 6.04 Å². The van der Waals surface area contributed by atoms with E-state index >= 15 is 0 Å². The summed E-state index contributed by atoms with van der Waals surface area (Å²) in [7, 11) is 0. The summed E-state index contributed by atoms with van der Waals surface area (Å²) in [6.45, 7) is 5.90. The number of amides is 1. The summed E-state index contributed by atoms with van der Waals surface area (Å²) in [4.78, 5) is 15.8. The number of nitrogens with zero attached hydrogens (tertiary/aromatic N) is 1. The molecule has 0 saturated carbocycles. The van der Waals surface area contributed by atoms with Crippen molar-refractivity contribution in [1.82, 2.24) is 4.98 Å². The summed E-state index contributed by atoms with van der Waals surface area (Å²) in [6.07, 6.45) is 2.24. The van der Waals surface area contributed by atoms with E-state index in [9.17, 15) is 4.79 Å². The molecule has 0 aromatic carbocycles. The zero-order chi connectivity index (χ0) is 13.0. The summed E-state index contributed by atoms with van der Waals surface area (Å²) in [5.74, 6) is 0.151. The van der Waals surface area contributed by atoms with Crippen molar-refractivity contribution in [3.05, 3.63) is 23.0 Å². The molecule has 1 aromatic rings. The maximum Gasteiger partial charge on any atom is 0.241 e. The van der Waals surface area contributed by atoms with Gasteiger partial charge in [0.15, 0.2) is 5.15 Å². The van der Waals surface area contributed by atoms with Crippen LogP contribution in [0.25, 0.3) is 0 Å². The van der Waals surface area contributed by atoms with E-state index in [2.05, 4.69) is 10.3 Å². The SMILES string of the molecule is Cc1ccnc(Cl)c1NC(=O)[C@@H](N)CC(C)C. The molecule has 0 radical (unpaired) electrons. The number of pyridine rings is 1. The lowest BCUT2D eigenvalue weighted by atomic mass is 10.0. The Kier molecular flexibility index (Phi) is 4.90. The molecule has 1 aromatic heterocycles. The van der Waals surface area contributed by atoms with Gasteiger partial charge in [-0.25, -0.2) is 4.98 Å². The van der Waals surface area contributed by atoms with Gasteiger partial charge in [-0.05, 0) is 30.9 Å². The number of carbonyl (C=O) groups excluding carboxylic acids is 1. The zero-order valence-electron chi connectivity index (χ0n) is 10.3. The number of carbonyl (C=O) groups is 1. The number of nitrogens with one attached hydrogen (secondary N) is 1. The first kappa shape index (κ1) is 13.9. The Morgan fingerprint density at radius 1 is 1.59 bits per heavy atom. The molecule has 17 heavy (non-hydrogen) atoms. The smallest absolute Gasteiger partial charge is 0.241 e. The Labute approximate surface area is 107 Å². The molecular formula is C12H18ClN3O. The number of hydrogen-bond acceptors (Lipinski definition) is 3. The third-order valence-electron chi connectivity index (χ3n) is 2.42. The molecular weight excluding hydrogens is 238 g/mol. The van der Waals surface area contributed by atoms with Crippen LogP contribution in [0.3, 0.4) is 0 Å². The Hall–Kier alpha value is -1.13. The number of aryl methyl sites for hydroxylation is 1. The predicted molar refractivity (Wildman–Crippen MR) is 70.0 cm³/mol. The Bertz CT molecular complexity index is 386. The fraction of sp³-hybridized carbons (Fsp3) is 0.500. The third kappa shape index (κ3) is 3.98. The van der Waals surface area contributed by atoms with Crippen LogP contribution in [-0.2, 0) is 4.79 Å². The molecule has 1 rings (SSSR count). The normalized spacial score (nSPS) is 12.6. The van der Waals surface area contributed by atoms with Gasteiger partial charge in [-0.1, -0.05) is 25.4 Å². The summed E-state index contributed by atoms with van der Waals surface area (Å²) in [5.41, 5.74) is 7.20. The van der Waals surface area contributed by atoms with Crippen LogP contribution >= 0.6 is 11.6 Å². The van der Waals surface area contributed by atoms with Crippen molar-refractivity contribution in [3.8, 4) is 0 Å².